The fourth-order valence-corrected chi connectivity index (χ4v) is 1.45. The van der Waals surface area contributed by atoms with Crippen LogP contribution in [0.25, 0.3) is 0 Å². The van der Waals surface area contributed by atoms with E-state index in [4.69, 9.17) is 17.0 Å². The van der Waals surface area contributed by atoms with Crippen LogP contribution < -0.4 is 11.3 Å². The van der Waals surface area contributed by atoms with Crippen LogP contribution in [0.5, 0.6) is 0 Å². The average Bonchev–Trinajstić information content (AvgIpc) is 2.38. The van der Waals surface area contributed by atoms with Gasteiger partial charge in [-0.15, -0.1) is 6.42 Å². The number of nitrogens with two attached hydrogens (primary N) is 1. The summed E-state index contributed by atoms with van der Waals surface area (Å²) in [6.07, 6.45) is 13.4. The van der Waals surface area contributed by atoms with Gasteiger partial charge < -0.3 is 10.2 Å². The molecule has 0 bridgehead atoms. The number of ether oxygens (including phenoxy) is 1. The van der Waals surface area contributed by atoms with Crippen LogP contribution in [-0.4, -0.2) is 18.9 Å². The smallest absolute Gasteiger partial charge is 0.148 e. The van der Waals surface area contributed by atoms with E-state index in [0.717, 1.165) is 5.57 Å². The van der Waals surface area contributed by atoms with Crippen molar-refractivity contribution in [3.63, 3.8) is 0 Å². The molecule has 0 amide bonds. The van der Waals surface area contributed by atoms with Gasteiger partial charge in [0, 0.05) is 6.08 Å². The Morgan fingerprint density at radius 3 is 2.89 bits per heavy atom. The summed E-state index contributed by atoms with van der Waals surface area (Å²) in [6, 6.07) is 0. The molecule has 3 nitrogen and oxygen atoms in total. The molecule has 0 radical (unpaired) electrons. The van der Waals surface area contributed by atoms with Gasteiger partial charge in [0.2, 0.25) is 0 Å². The maximum Gasteiger partial charge on any atom is 0.148 e. The molecule has 3 N–H and O–H groups in total. The number of hydrogen-bond acceptors (Lipinski definition) is 3. The summed E-state index contributed by atoms with van der Waals surface area (Å²) in [5, 5.41) is 0. The van der Waals surface area contributed by atoms with E-state index in [9.17, 15) is 4.39 Å². The van der Waals surface area contributed by atoms with Crippen LogP contribution in [0.1, 0.15) is 6.92 Å². The van der Waals surface area contributed by atoms with Gasteiger partial charge in [-0.05, 0) is 18.6 Å². The van der Waals surface area contributed by atoms with Crippen molar-refractivity contribution < 1.29 is 9.13 Å². The quantitative estimate of drug-likeness (QED) is 0.337. The van der Waals surface area contributed by atoms with Crippen LogP contribution in [-0.2, 0) is 4.74 Å². The van der Waals surface area contributed by atoms with Gasteiger partial charge in [-0.1, -0.05) is 30.2 Å². The number of allylic oxidation sites excluding steroid dienone is 4. The Morgan fingerprint density at radius 2 is 2.28 bits per heavy atom. The zero-order valence-electron chi connectivity index (χ0n) is 10.3. The lowest BCUT2D eigenvalue weighted by Gasteiger charge is -2.17. The Morgan fingerprint density at radius 1 is 1.56 bits per heavy atom. The molecule has 96 valence electrons. The van der Waals surface area contributed by atoms with Crippen LogP contribution >= 0.6 is 0 Å². The molecule has 0 fully saturated rings. The van der Waals surface area contributed by atoms with E-state index in [-0.39, 0.29) is 0 Å². The minimum atomic E-state index is -1.10. The van der Waals surface area contributed by atoms with Crippen LogP contribution in [0.4, 0.5) is 4.39 Å². The molecule has 1 aliphatic rings. The fourth-order valence-electron chi connectivity index (χ4n) is 1.45. The Kier molecular flexibility index (Phi) is 5.92. The molecule has 0 spiro atoms. The van der Waals surface area contributed by atoms with Crippen LogP contribution in [0, 0.1) is 12.3 Å². The van der Waals surface area contributed by atoms with Gasteiger partial charge in [0.15, 0.2) is 0 Å². The van der Waals surface area contributed by atoms with E-state index in [1.165, 1.54) is 12.2 Å². The third kappa shape index (κ3) is 4.21. The van der Waals surface area contributed by atoms with Gasteiger partial charge in [-0.25, -0.2) is 4.39 Å². The standard InChI is InChI=1S/C14H17FN2O/c1-3-6-13(17-16)11(2)9-10-18-14-8-5-4-7-12(14)15/h1,4-9,12,14,17H,10,16H2,2H3/b11-9-,13-6+. The summed E-state index contributed by atoms with van der Waals surface area (Å²) in [4.78, 5) is 0. The lowest BCUT2D eigenvalue weighted by molar-refractivity contribution is 0.0615. The second-order valence-corrected chi connectivity index (χ2v) is 3.77. The number of hydrazine groups is 1. The van der Waals surface area contributed by atoms with Crippen LogP contribution in [0.2, 0.25) is 0 Å². The summed E-state index contributed by atoms with van der Waals surface area (Å²) in [6.45, 7) is 2.13. The number of terminal acetylenes is 1. The molecule has 0 aromatic heterocycles. The van der Waals surface area contributed by atoms with Gasteiger partial charge in [-0.3, -0.25) is 5.84 Å². The molecule has 0 aromatic carbocycles. The van der Waals surface area contributed by atoms with Crippen molar-refractivity contribution in [3.05, 3.63) is 47.7 Å². The van der Waals surface area contributed by atoms with Crippen LogP contribution in [0.3, 0.4) is 0 Å². The van der Waals surface area contributed by atoms with E-state index in [2.05, 4.69) is 11.3 Å². The monoisotopic (exact) mass is 248 g/mol. The first-order valence-corrected chi connectivity index (χ1v) is 5.59. The molecule has 0 aliphatic heterocycles. The largest absolute Gasteiger partial charge is 0.367 e. The van der Waals surface area contributed by atoms with Gasteiger partial charge in [0.1, 0.15) is 12.3 Å². The molecule has 0 saturated heterocycles. The first-order chi connectivity index (χ1) is 8.69. The maximum absolute atomic E-state index is 13.4. The number of hydrogen-bond donors (Lipinski definition) is 2. The first-order valence-electron chi connectivity index (χ1n) is 5.59. The Labute approximate surface area is 107 Å². The number of rotatable bonds is 5. The molecular formula is C14H17FN2O. The summed E-state index contributed by atoms with van der Waals surface area (Å²) < 4.78 is 18.8. The first kappa shape index (κ1) is 14.2. The van der Waals surface area contributed by atoms with Crippen molar-refractivity contribution in [2.24, 2.45) is 5.84 Å². The Hall–Kier alpha value is -1.83. The molecule has 1 aliphatic carbocycles. The van der Waals surface area contributed by atoms with Crippen LogP contribution in [0.15, 0.2) is 47.7 Å². The Balaban J connectivity index is 2.50. The predicted molar refractivity (Wildman–Crippen MR) is 70.9 cm³/mol. The number of nitrogens with one attached hydrogen (secondary N) is 1. The number of halogens is 1. The molecular weight excluding hydrogens is 231 g/mol. The highest BCUT2D eigenvalue weighted by Crippen LogP contribution is 2.13. The highest BCUT2D eigenvalue weighted by Gasteiger charge is 2.17. The Bertz CT molecular complexity index is 430. The second-order valence-electron chi connectivity index (χ2n) is 3.77. The third-order valence-corrected chi connectivity index (χ3v) is 2.51. The minimum absolute atomic E-state index is 0.290. The molecule has 0 aromatic rings. The van der Waals surface area contributed by atoms with Crippen molar-refractivity contribution in [2.45, 2.75) is 19.2 Å². The zero-order valence-corrected chi connectivity index (χ0v) is 10.3. The fraction of sp³-hybridized carbons (Fsp3) is 0.286. The van der Waals surface area contributed by atoms with Crippen molar-refractivity contribution in [2.75, 3.05) is 6.61 Å². The summed E-state index contributed by atoms with van der Waals surface area (Å²) in [5.41, 5.74) is 3.98. The maximum atomic E-state index is 13.4. The molecule has 1 rings (SSSR count). The molecule has 2 atom stereocenters. The summed E-state index contributed by atoms with van der Waals surface area (Å²) in [5.74, 6) is 7.70. The van der Waals surface area contributed by atoms with Gasteiger partial charge in [0.25, 0.3) is 0 Å². The summed E-state index contributed by atoms with van der Waals surface area (Å²) in [7, 11) is 0. The van der Waals surface area contributed by atoms with Crippen molar-refractivity contribution in [1.82, 2.24) is 5.43 Å². The van der Waals surface area contributed by atoms with E-state index >= 15 is 0 Å². The van der Waals surface area contributed by atoms with Crippen molar-refractivity contribution >= 4 is 0 Å². The van der Waals surface area contributed by atoms with E-state index in [1.54, 1.807) is 24.3 Å². The molecule has 2 unspecified atom stereocenters. The van der Waals surface area contributed by atoms with Gasteiger partial charge in [-0.2, -0.15) is 0 Å². The van der Waals surface area contributed by atoms with Gasteiger partial charge >= 0.3 is 0 Å². The van der Waals surface area contributed by atoms with E-state index in [1.807, 2.05) is 6.92 Å². The normalized spacial score (nSPS) is 23.9. The second kappa shape index (κ2) is 7.49. The zero-order chi connectivity index (χ0) is 13.4. The van der Waals surface area contributed by atoms with Crippen molar-refractivity contribution in [3.8, 4) is 12.3 Å². The lowest BCUT2D eigenvalue weighted by Crippen LogP contribution is -2.24. The SMILES string of the molecule is C#C/C=C(NN)\C(C)=C/COC1C=CC=CC1F. The topological polar surface area (TPSA) is 47.3 Å². The summed E-state index contributed by atoms with van der Waals surface area (Å²) >= 11 is 0. The molecule has 0 saturated carbocycles. The van der Waals surface area contributed by atoms with Gasteiger partial charge in [0.05, 0.1) is 12.3 Å². The average molecular weight is 248 g/mol. The minimum Gasteiger partial charge on any atom is -0.367 e. The molecule has 18 heavy (non-hydrogen) atoms. The van der Waals surface area contributed by atoms with E-state index < -0.39 is 12.3 Å². The third-order valence-electron chi connectivity index (χ3n) is 2.51. The predicted octanol–water partition coefficient (Wildman–Crippen LogP) is 1.76. The van der Waals surface area contributed by atoms with E-state index in [0.29, 0.717) is 12.3 Å². The van der Waals surface area contributed by atoms with Crippen molar-refractivity contribution in [1.29, 1.82) is 0 Å². The highest BCUT2D eigenvalue weighted by molar-refractivity contribution is 5.32. The molecule has 4 heteroatoms. The number of alkyl halides is 1. The highest BCUT2D eigenvalue weighted by atomic mass is 19.1. The lowest BCUT2D eigenvalue weighted by atomic mass is 10.1. The molecule has 0 heterocycles.